The molecule has 1 aliphatic rings. The minimum atomic E-state index is 1.05. The average Bonchev–Trinajstić information content (AvgIpc) is 2.82. The number of allylic oxidation sites excluding steroid dienone is 1. The molecule has 1 aromatic heterocycles. The first kappa shape index (κ1) is 8.44. The van der Waals surface area contributed by atoms with Crippen LogP contribution in [0.15, 0.2) is 41.6 Å². The average molecular weight is 198 g/mol. The van der Waals surface area contributed by atoms with E-state index in [4.69, 9.17) is 0 Å². The maximum absolute atomic E-state index is 4.35. The summed E-state index contributed by atoms with van der Waals surface area (Å²) in [6.45, 7) is 2.09. The van der Waals surface area contributed by atoms with Gasteiger partial charge in [-0.05, 0) is 19.1 Å². The molecule has 3 nitrogen and oxygen atoms in total. The summed E-state index contributed by atoms with van der Waals surface area (Å²) in [7, 11) is 0. The molecular weight excluding hydrogens is 186 g/mol. The van der Waals surface area contributed by atoms with E-state index in [2.05, 4.69) is 35.2 Å². The molecule has 2 N–H and O–H groups in total. The molecule has 0 aliphatic carbocycles. The van der Waals surface area contributed by atoms with Crippen molar-refractivity contribution in [2.45, 2.75) is 6.92 Å². The minimum Gasteiger partial charge on any atom is -0.354 e. The van der Waals surface area contributed by atoms with Crippen molar-refractivity contribution in [3.8, 4) is 0 Å². The Morgan fingerprint density at radius 2 is 2.13 bits per heavy atom. The van der Waals surface area contributed by atoms with Crippen LogP contribution in [0.1, 0.15) is 5.69 Å². The van der Waals surface area contributed by atoms with Gasteiger partial charge in [0.1, 0.15) is 6.20 Å². The van der Waals surface area contributed by atoms with Gasteiger partial charge in [-0.2, -0.15) is 0 Å². The van der Waals surface area contributed by atoms with Crippen LogP contribution in [0.2, 0.25) is 0 Å². The van der Waals surface area contributed by atoms with Crippen molar-refractivity contribution < 1.29 is 5.01 Å². The lowest BCUT2D eigenvalue weighted by Crippen LogP contribution is -2.96. The highest BCUT2D eigenvalue weighted by Gasteiger charge is 2.19. The van der Waals surface area contributed by atoms with Crippen molar-refractivity contribution in [3.05, 3.63) is 42.2 Å². The van der Waals surface area contributed by atoms with E-state index in [-0.39, 0.29) is 0 Å². The van der Waals surface area contributed by atoms with Gasteiger partial charge in [0.25, 0.3) is 0 Å². The second kappa shape index (κ2) is 3.07. The Morgan fingerprint density at radius 1 is 1.27 bits per heavy atom. The Labute approximate surface area is 87.7 Å². The van der Waals surface area contributed by atoms with Crippen molar-refractivity contribution in [1.82, 2.24) is 4.98 Å². The zero-order chi connectivity index (χ0) is 10.3. The molecule has 15 heavy (non-hydrogen) atoms. The SMILES string of the molecule is Cc1[nH]c2ccccc2c1[NH+]1C=CC=N1. The number of hydrogen-bond donors (Lipinski definition) is 2. The highest BCUT2D eigenvalue weighted by atomic mass is 15.5. The lowest BCUT2D eigenvalue weighted by Gasteiger charge is -2.03. The molecule has 2 heterocycles. The van der Waals surface area contributed by atoms with Gasteiger partial charge < -0.3 is 4.98 Å². The number of para-hydroxylation sites is 1. The lowest BCUT2D eigenvalue weighted by atomic mass is 10.2. The summed E-state index contributed by atoms with van der Waals surface area (Å²) in [5, 5.41) is 6.64. The van der Waals surface area contributed by atoms with Gasteiger partial charge in [0, 0.05) is 6.08 Å². The fourth-order valence-corrected chi connectivity index (χ4v) is 2.06. The lowest BCUT2D eigenvalue weighted by molar-refractivity contribution is -0.778. The van der Waals surface area contributed by atoms with Crippen molar-refractivity contribution in [2.24, 2.45) is 5.10 Å². The molecule has 0 saturated carbocycles. The molecule has 0 bridgehead atoms. The molecule has 3 heteroatoms. The fraction of sp³-hybridized carbons (Fsp3) is 0.0833. The number of rotatable bonds is 1. The third kappa shape index (κ3) is 1.21. The summed E-state index contributed by atoms with van der Waals surface area (Å²) in [5.74, 6) is 0. The Balaban J connectivity index is 2.28. The second-order valence-electron chi connectivity index (χ2n) is 3.69. The van der Waals surface area contributed by atoms with E-state index in [1.807, 2.05) is 24.6 Å². The fourth-order valence-electron chi connectivity index (χ4n) is 2.06. The number of fused-ring (bicyclic) bond motifs is 1. The molecule has 0 radical (unpaired) electrons. The molecule has 0 fully saturated rings. The van der Waals surface area contributed by atoms with Crippen LogP contribution in [0.25, 0.3) is 10.9 Å². The van der Waals surface area contributed by atoms with E-state index >= 15 is 0 Å². The van der Waals surface area contributed by atoms with Crippen LogP contribution < -0.4 is 5.01 Å². The Bertz CT molecular complexity index is 551. The summed E-state index contributed by atoms with van der Waals surface area (Å²) in [6, 6.07) is 8.32. The number of aromatic nitrogens is 1. The van der Waals surface area contributed by atoms with Gasteiger partial charge in [0.15, 0.2) is 5.69 Å². The number of H-pyrrole nitrogens is 1. The summed E-state index contributed by atoms with van der Waals surface area (Å²) in [4.78, 5) is 3.38. The van der Waals surface area contributed by atoms with Crippen LogP contribution in [-0.2, 0) is 0 Å². The van der Waals surface area contributed by atoms with Crippen LogP contribution in [0, 0.1) is 6.92 Å². The molecule has 0 spiro atoms. The third-order valence-corrected chi connectivity index (χ3v) is 2.70. The van der Waals surface area contributed by atoms with Crippen molar-refractivity contribution >= 4 is 22.8 Å². The Morgan fingerprint density at radius 3 is 2.93 bits per heavy atom. The first-order valence-electron chi connectivity index (χ1n) is 5.01. The molecule has 0 saturated heterocycles. The predicted octanol–water partition coefficient (Wildman–Crippen LogP) is 1.51. The van der Waals surface area contributed by atoms with Crippen molar-refractivity contribution in [1.29, 1.82) is 0 Å². The number of aromatic amines is 1. The quantitative estimate of drug-likeness (QED) is 0.696. The highest BCUT2D eigenvalue weighted by Crippen LogP contribution is 2.23. The maximum Gasteiger partial charge on any atom is 0.190 e. The summed E-state index contributed by atoms with van der Waals surface area (Å²) >= 11 is 0. The van der Waals surface area contributed by atoms with Gasteiger partial charge >= 0.3 is 0 Å². The predicted molar refractivity (Wildman–Crippen MR) is 61.3 cm³/mol. The van der Waals surface area contributed by atoms with E-state index in [9.17, 15) is 0 Å². The van der Waals surface area contributed by atoms with Crippen LogP contribution in [-0.4, -0.2) is 11.2 Å². The first-order valence-corrected chi connectivity index (χ1v) is 5.01. The number of quaternary nitrogens is 1. The van der Waals surface area contributed by atoms with Crippen molar-refractivity contribution in [3.63, 3.8) is 0 Å². The zero-order valence-corrected chi connectivity index (χ0v) is 8.49. The molecular formula is C12H12N3+. The second-order valence-corrected chi connectivity index (χ2v) is 3.69. The maximum atomic E-state index is 4.35. The summed E-state index contributed by atoms with van der Waals surface area (Å²) in [6.07, 6.45) is 5.84. The molecule has 3 rings (SSSR count). The molecule has 2 aromatic rings. The van der Waals surface area contributed by atoms with Gasteiger partial charge in [-0.1, -0.05) is 17.2 Å². The van der Waals surface area contributed by atoms with Gasteiger partial charge in [-0.15, -0.1) is 5.01 Å². The van der Waals surface area contributed by atoms with Crippen LogP contribution in [0.5, 0.6) is 0 Å². The van der Waals surface area contributed by atoms with Gasteiger partial charge in [0.2, 0.25) is 0 Å². The minimum absolute atomic E-state index is 1.05. The van der Waals surface area contributed by atoms with Gasteiger partial charge in [0.05, 0.1) is 22.8 Å². The summed E-state index contributed by atoms with van der Waals surface area (Å²) in [5.41, 5.74) is 3.57. The van der Waals surface area contributed by atoms with E-state index < -0.39 is 0 Å². The van der Waals surface area contributed by atoms with E-state index in [1.165, 1.54) is 22.3 Å². The normalized spacial score (nSPS) is 19.1. The van der Waals surface area contributed by atoms with Gasteiger partial charge in [-0.3, -0.25) is 0 Å². The molecule has 1 unspecified atom stereocenters. The van der Waals surface area contributed by atoms with Crippen LogP contribution >= 0.6 is 0 Å². The topological polar surface area (TPSA) is 32.6 Å². The van der Waals surface area contributed by atoms with Gasteiger partial charge in [-0.25, -0.2) is 0 Å². The summed E-state index contributed by atoms with van der Waals surface area (Å²) < 4.78 is 0. The van der Waals surface area contributed by atoms with E-state index in [0.717, 1.165) is 5.01 Å². The third-order valence-electron chi connectivity index (χ3n) is 2.70. The molecule has 1 aliphatic heterocycles. The van der Waals surface area contributed by atoms with Crippen LogP contribution in [0.4, 0.5) is 5.69 Å². The Hall–Kier alpha value is -1.87. The molecule has 74 valence electrons. The smallest absolute Gasteiger partial charge is 0.190 e. The number of nitrogens with one attached hydrogen (secondary N) is 2. The molecule has 1 aromatic carbocycles. The van der Waals surface area contributed by atoms with Crippen LogP contribution in [0.3, 0.4) is 0 Å². The number of benzene rings is 1. The standard InChI is InChI=1S/C12H11N3/c1-9-12(15-8-4-7-13-15)10-5-2-3-6-11(10)14-9/h2-8,14H,1H3/p+1. The number of nitrogens with zero attached hydrogens (tertiary/aromatic N) is 1. The zero-order valence-electron chi connectivity index (χ0n) is 8.49. The highest BCUT2D eigenvalue weighted by molar-refractivity contribution is 5.90. The molecule has 0 amide bonds. The Kier molecular flexibility index (Phi) is 1.73. The first-order chi connectivity index (χ1) is 7.36. The monoisotopic (exact) mass is 198 g/mol. The largest absolute Gasteiger partial charge is 0.354 e. The van der Waals surface area contributed by atoms with Crippen molar-refractivity contribution in [2.75, 3.05) is 0 Å². The van der Waals surface area contributed by atoms with E-state index in [1.54, 1.807) is 0 Å². The number of aryl methyl sites for hydroxylation is 1. The van der Waals surface area contributed by atoms with E-state index in [0.29, 0.717) is 0 Å². The number of hydrogen-bond acceptors (Lipinski definition) is 1. The molecule has 1 atom stereocenters.